The Kier molecular flexibility index (Phi) is 3.36. The lowest BCUT2D eigenvalue weighted by atomic mass is 10.4. The third kappa shape index (κ3) is 3.00. The minimum absolute atomic E-state index is 0.411. The summed E-state index contributed by atoms with van der Waals surface area (Å²) in [6.45, 7) is 1.55. The minimum Gasteiger partial charge on any atom is -0.298 e. The van der Waals surface area contributed by atoms with Crippen LogP contribution in [-0.4, -0.2) is 12.4 Å². The number of isocyanates is 1. The standard InChI is InChI=1S/C5H5NO2/c1-5(3-7)2-6-4-8/h2-3H,1H3. The molecule has 8 heavy (non-hydrogen) atoms. The van der Waals surface area contributed by atoms with Gasteiger partial charge in [-0.3, -0.25) is 4.79 Å². The Morgan fingerprint density at radius 3 is 2.75 bits per heavy atom. The van der Waals surface area contributed by atoms with Gasteiger partial charge in [0.15, 0.2) is 0 Å². The van der Waals surface area contributed by atoms with Crippen LogP contribution in [0.3, 0.4) is 0 Å². The predicted molar refractivity (Wildman–Crippen MR) is 27.9 cm³/mol. The smallest absolute Gasteiger partial charge is 0.239 e. The first-order valence-electron chi connectivity index (χ1n) is 2.00. The molecule has 0 radical (unpaired) electrons. The summed E-state index contributed by atoms with van der Waals surface area (Å²) in [5.41, 5.74) is 0.411. The van der Waals surface area contributed by atoms with Crippen LogP contribution in [0.5, 0.6) is 0 Å². The summed E-state index contributed by atoms with van der Waals surface area (Å²) in [4.78, 5) is 22.2. The van der Waals surface area contributed by atoms with Gasteiger partial charge in [0.2, 0.25) is 6.08 Å². The zero-order valence-electron chi connectivity index (χ0n) is 4.42. The average Bonchev–Trinajstić information content (AvgIpc) is 1.83. The molecule has 0 aliphatic heterocycles. The molecule has 0 atom stereocenters. The van der Waals surface area contributed by atoms with Gasteiger partial charge in [-0.2, -0.15) is 4.99 Å². The zero-order chi connectivity index (χ0) is 6.41. The van der Waals surface area contributed by atoms with Crippen LogP contribution in [0.2, 0.25) is 0 Å². The molecule has 0 aromatic rings. The molecule has 0 saturated carbocycles. The highest BCUT2D eigenvalue weighted by Gasteiger charge is 1.76. The number of carbonyl (C=O) groups excluding carboxylic acids is 2. The fourth-order valence-corrected chi connectivity index (χ4v) is 0.159. The third-order valence-electron chi connectivity index (χ3n) is 0.507. The lowest BCUT2D eigenvalue weighted by Gasteiger charge is -1.74. The summed E-state index contributed by atoms with van der Waals surface area (Å²) < 4.78 is 0. The molecule has 0 aliphatic carbocycles. The molecule has 0 saturated heterocycles. The molecule has 0 aromatic heterocycles. The number of aliphatic imine (C=N–C) groups is 1. The second-order valence-electron chi connectivity index (χ2n) is 1.21. The SMILES string of the molecule is CC(C=O)=CN=C=O. The molecule has 0 heterocycles. The van der Waals surface area contributed by atoms with Crippen molar-refractivity contribution < 1.29 is 9.59 Å². The van der Waals surface area contributed by atoms with Gasteiger partial charge in [0, 0.05) is 11.8 Å². The van der Waals surface area contributed by atoms with Gasteiger partial charge in [0.1, 0.15) is 6.29 Å². The van der Waals surface area contributed by atoms with Crippen molar-refractivity contribution in [2.45, 2.75) is 6.92 Å². The van der Waals surface area contributed by atoms with Gasteiger partial charge in [-0.25, -0.2) is 4.79 Å². The Hall–Kier alpha value is -1.21. The Morgan fingerprint density at radius 1 is 1.75 bits per heavy atom. The van der Waals surface area contributed by atoms with E-state index in [9.17, 15) is 9.59 Å². The lowest BCUT2D eigenvalue weighted by Crippen LogP contribution is -1.71. The summed E-state index contributed by atoms with van der Waals surface area (Å²) >= 11 is 0. The fourth-order valence-electron chi connectivity index (χ4n) is 0.159. The van der Waals surface area contributed by atoms with E-state index in [1.807, 2.05) is 0 Å². The van der Waals surface area contributed by atoms with E-state index in [1.54, 1.807) is 6.92 Å². The summed E-state index contributed by atoms with van der Waals surface area (Å²) in [5, 5.41) is 0. The number of hydrogen-bond donors (Lipinski definition) is 0. The monoisotopic (exact) mass is 111 g/mol. The summed E-state index contributed by atoms with van der Waals surface area (Å²) in [7, 11) is 0. The van der Waals surface area contributed by atoms with E-state index in [4.69, 9.17) is 0 Å². The lowest BCUT2D eigenvalue weighted by molar-refractivity contribution is -0.104. The Balaban J connectivity index is 3.93. The number of allylic oxidation sites excluding steroid dienone is 1. The normalized spacial score (nSPS) is 9.88. The predicted octanol–water partition coefficient (Wildman–Crippen LogP) is 0.425. The number of carbonyl (C=O) groups is 1. The van der Waals surface area contributed by atoms with Crippen LogP contribution in [-0.2, 0) is 9.59 Å². The first kappa shape index (κ1) is 6.79. The van der Waals surface area contributed by atoms with E-state index in [1.165, 1.54) is 6.08 Å². The minimum atomic E-state index is 0.411. The zero-order valence-corrected chi connectivity index (χ0v) is 4.42. The van der Waals surface area contributed by atoms with Crippen molar-refractivity contribution in [3.63, 3.8) is 0 Å². The number of aldehydes is 1. The summed E-state index contributed by atoms with van der Waals surface area (Å²) in [6.07, 6.45) is 3.04. The van der Waals surface area contributed by atoms with Gasteiger partial charge in [-0.05, 0) is 6.92 Å². The first-order chi connectivity index (χ1) is 3.81. The molecule has 0 aliphatic rings. The van der Waals surface area contributed by atoms with E-state index in [0.29, 0.717) is 11.9 Å². The second-order valence-corrected chi connectivity index (χ2v) is 1.21. The highest BCUT2D eigenvalue weighted by Crippen LogP contribution is 1.83. The van der Waals surface area contributed by atoms with Crippen molar-refractivity contribution in [1.29, 1.82) is 0 Å². The van der Waals surface area contributed by atoms with Crippen molar-refractivity contribution in [2.75, 3.05) is 0 Å². The molecule has 3 nitrogen and oxygen atoms in total. The second kappa shape index (κ2) is 3.96. The van der Waals surface area contributed by atoms with E-state index in [2.05, 4.69) is 4.99 Å². The van der Waals surface area contributed by atoms with Gasteiger partial charge in [0.05, 0.1) is 0 Å². The highest BCUT2D eigenvalue weighted by molar-refractivity contribution is 5.72. The molecular weight excluding hydrogens is 106 g/mol. The van der Waals surface area contributed by atoms with Gasteiger partial charge < -0.3 is 0 Å². The quantitative estimate of drug-likeness (QED) is 0.224. The van der Waals surface area contributed by atoms with Gasteiger partial charge in [-0.15, -0.1) is 0 Å². The van der Waals surface area contributed by atoms with Gasteiger partial charge in [-0.1, -0.05) is 0 Å². The molecule has 0 rings (SSSR count). The molecule has 0 aromatic carbocycles. The number of nitrogens with zero attached hydrogens (tertiary/aromatic N) is 1. The Labute approximate surface area is 46.7 Å². The molecule has 0 fully saturated rings. The third-order valence-corrected chi connectivity index (χ3v) is 0.507. The molecule has 0 unspecified atom stereocenters. The van der Waals surface area contributed by atoms with Crippen LogP contribution in [0.4, 0.5) is 0 Å². The molecule has 0 spiro atoms. The van der Waals surface area contributed by atoms with Crippen LogP contribution in [0, 0.1) is 0 Å². The van der Waals surface area contributed by atoms with Crippen LogP contribution in [0.15, 0.2) is 16.8 Å². The molecule has 0 amide bonds. The van der Waals surface area contributed by atoms with E-state index >= 15 is 0 Å². The molecular formula is C5H5NO2. The van der Waals surface area contributed by atoms with Crippen LogP contribution in [0.25, 0.3) is 0 Å². The van der Waals surface area contributed by atoms with E-state index in [-0.39, 0.29) is 0 Å². The fraction of sp³-hybridized carbons (Fsp3) is 0.200. The first-order valence-corrected chi connectivity index (χ1v) is 2.00. The van der Waals surface area contributed by atoms with Gasteiger partial charge in [0.25, 0.3) is 0 Å². The number of rotatable bonds is 2. The van der Waals surface area contributed by atoms with Crippen LogP contribution >= 0.6 is 0 Å². The van der Waals surface area contributed by atoms with Crippen LogP contribution in [0.1, 0.15) is 6.92 Å². The molecule has 3 heteroatoms. The van der Waals surface area contributed by atoms with Crippen LogP contribution < -0.4 is 0 Å². The largest absolute Gasteiger partial charge is 0.298 e. The molecule has 0 bridgehead atoms. The van der Waals surface area contributed by atoms with Crippen molar-refractivity contribution in [1.82, 2.24) is 0 Å². The van der Waals surface area contributed by atoms with Crippen molar-refractivity contribution in [3.8, 4) is 0 Å². The molecule has 0 N–H and O–H groups in total. The maximum atomic E-state index is 9.75. The van der Waals surface area contributed by atoms with E-state index in [0.717, 1.165) is 6.20 Å². The summed E-state index contributed by atoms with van der Waals surface area (Å²) in [5.74, 6) is 0. The van der Waals surface area contributed by atoms with E-state index < -0.39 is 0 Å². The average molecular weight is 111 g/mol. The topological polar surface area (TPSA) is 46.5 Å². The Bertz CT molecular complexity index is 154. The number of hydrogen-bond acceptors (Lipinski definition) is 3. The maximum absolute atomic E-state index is 9.75. The van der Waals surface area contributed by atoms with Crippen molar-refractivity contribution >= 4 is 12.4 Å². The summed E-state index contributed by atoms with van der Waals surface area (Å²) in [6, 6.07) is 0. The highest BCUT2D eigenvalue weighted by atomic mass is 16.1. The molecule has 42 valence electrons. The van der Waals surface area contributed by atoms with Crippen molar-refractivity contribution in [3.05, 3.63) is 11.8 Å². The maximum Gasteiger partial charge on any atom is 0.239 e. The van der Waals surface area contributed by atoms with Gasteiger partial charge >= 0.3 is 0 Å². The van der Waals surface area contributed by atoms with Crippen molar-refractivity contribution in [2.24, 2.45) is 4.99 Å². The Morgan fingerprint density at radius 2 is 2.38 bits per heavy atom.